The lowest BCUT2D eigenvalue weighted by atomic mass is 10.2. The van der Waals surface area contributed by atoms with E-state index in [9.17, 15) is 0 Å². The van der Waals surface area contributed by atoms with Crippen molar-refractivity contribution in [2.45, 2.75) is 33.4 Å². The second kappa shape index (κ2) is 6.81. The largest absolute Gasteiger partial charge is 0.424 e. The van der Waals surface area contributed by atoms with Crippen LogP contribution in [0.4, 0.5) is 0 Å². The van der Waals surface area contributed by atoms with Crippen molar-refractivity contribution in [2.24, 2.45) is 0 Å². The van der Waals surface area contributed by atoms with Gasteiger partial charge in [-0.05, 0) is 25.1 Å². The predicted octanol–water partition coefficient (Wildman–Crippen LogP) is 3.84. The highest BCUT2D eigenvalue weighted by molar-refractivity contribution is 9.10. The average Bonchev–Trinajstić information content (AvgIpc) is 2.37. The normalized spacial score (nSPS) is 10.8. The van der Waals surface area contributed by atoms with Gasteiger partial charge in [0.2, 0.25) is 0 Å². The summed E-state index contributed by atoms with van der Waals surface area (Å²) < 4.78 is 6.61. The number of aryl methyl sites for hydroxylation is 1. The molecule has 1 aromatic heterocycles. The van der Waals surface area contributed by atoms with Crippen LogP contribution in [0.25, 0.3) is 0 Å². The molecule has 5 heteroatoms. The van der Waals surface area contributed by atoms with Crippen LogP contribution in [0, 0.1) is 6.92 Å². The smallest absolute Gasteiger partial charge is 0.322 e. The zero-order valence-corrected chi connectivity index (χ0v) is 13.4. The molecule has 0 saturated carbocycles. The van der Waals surface area contributed by atoms with E-state index in [0.717, 1.165) is 22.3 Å². The second-order valence-electron chi connectivity index (χ2n) is 4.86. The van der Waals surface area contributed by atoms with Crippen molar-refractivity contribution in [1.82, 2.24) is 15.3 Å². The predicted molar refractivity (Wildman–Crippen MR) is 83.0 cm³/mol. The molecule has 2 rings (SSSR count). The Bertz CT molecular complexity index is 587. The van der Waals surface area contributed by atoms with Crippen LogP contribution in [0.15, 0.2) is 34.9 Å². The summed E-state index contributed by atoms with van der Waals surface area (Å²) in [5.74, 6) is 0.715. The summed E-state index contributed by atoms with van der Waals surface area (Å²) in [6.45, 7) is 6.95. The number of ether oxygens (including phenoxy) is 1. The standard InChI is InChI=1S/C15H18BrN3O/c1-10(2)17-8-12-9-18-15(19-11(12)3)20-14-6-4-5-13(16)7-14/h4-7,9-10,17H,8H2,1-3H3. The first-order valence-corrected chi connectivity index (χ1v) is 7.33. The van der Waals surface area contributed by atoms with E-state index in [0.29, 0.717) is 17.8 Å². The van der Waals surface area contributed by atoms with Crippen molar-refractivity contribution in [3.05, 3.63) is 46.2 Å². The Morgan fingerprint density at radius 1 is 1.35 bits per heavy atom. The molecule has 0 unspecified atom stereocenters. The van der Waals surface area contributed by atoms with Gasteiger partial charge in [0.25, 0.3) is 0 Å². The van der Waals surface area contributed by atoms with Gasteiger partial charge in [0.05, 0.1) is 0 Å². The Balaban J connectivity index is 2.09. The maximum Gasteiger partial charge on any atom is 0.322 e. The van der Waals surface area contributed by atoms with Crippen molar-refractivity contribution in [3.8, 4) is 11.8 Å². The second-order valence-corrected chi connectivity index (χ2v) is 5.77. The third-order valence-corrected chi connectivity index (χ3v) is 3.26. The maximum atomic E-state index is 5.65. The van der Waals surface area contributed by atoms with Gasteiger partial charge in [0, 0.05) is 34.5 Å². The number of nitrogens with zero attached hydrogens (tertiary/aromatic N) is 2. The first kappa shape index (κ1) is 14.9. The molecule has 106 valence electrons. The Labute approximate surface area is 127 Å². The third-order valence-electron chi connectivity index (χ3n) is 2.76. The molecule has 1 N–H and O–H groups in total. The summed E-state index contributed by atoms with van der Waals surface area (Å²) in [5.41, 5.74) is 2.01. The molecule has 1 aromatic carbocycles. The van der Waals surface area contributed by atoms with Crippen LogP contribution >= 0.6 is 15.9 Å². The highest BCUT2D eigenvalue weighted by Crippen LogP contribution is 2.22. The lowest BCUT2D eigenvalue weighted by molar-refractivity contribution is 0.438. The average molecular weight is 336 g/mol. The van der Waals surface area contributed by atoms with Gasteiger partial charge in [-0.15, -0.1) is 0 Å². The molecule has 0 aliphatic rings. The minimum atomic E-state index is 0.369. The number of hydrogen-bond donors (Lipinski definition) is 1. The van der Waals surface area contributed by atoms with E-state index in [1.807, 2.05) is 37.4 Å². The molecule has 2 aromatic rings. The summed E-state index contributed by atoms with van der Waals surface area (Å²) in [5, 5.41) is 3.35. The Morgan fingerprint density at radius 3 is 2.80 bits per heavy atom. The van der Waals surface area contributed by atoms with E-state index in [4.69, 9.17) is 4.74 Å². The number of rotatable bonds is 5. The number of benzene rings is 1. The lowest BCUT2D eigenvalue weighted by Crippen LogP contribution is -2.22. The van der Waals surface area contributed by atoms with Gasteiger partial charge >= 0.3 is 6.01 Å². The zero-order chi connectivity index (χ0) is 14.5. The molecule has 0 bridgehead atoms. The van der Waals surface area contributed by atoms with Crippen LogP contribution < -0.4 is 10.1 Å². The minimum Gasteiger partial charge on any atom is -0.424 e. The molecule has 0 atom stereocenters. The van der Waals surface area contributed by atoms with Crippen LogP contribution in [0.3, 0.4) is 0 Å². The van der Waals surface area contributed by atoms with Gasteiger partial charge in [0.15, 0.2) is 0 Å². The van der Waals surface area contributed by atoms with Gasteiger partial charge in [0.1, 0.15) is 5.75 Å². The van der Waals surface area contributed by atoms with Gasteiger partial charge in [-0.2, -0.15) is 4.98 Å². The Morgan fingerprint density at radius 2 is 2.15 bits per heavy atom. The van der Waals surface area contributed by atoms with Crippen molar-refractivity contribution < 1.29 is 4.74 Å². The molecule has 0 saturated heterocycles. The number of aromatic nitrogens is 2. The zero-order valence-electron chi connectivity index (χ0n) is 11.9. The molecule has 0 aliphatic heterocycles. The number of hydrogen-bond acceptors (Lipinski definition) is 4. The fourth-order valence-electron chi connectivity index (χ4n) is 1.64. The van der Waals surface area contributed by atoms with Crippen molar-refractivity contribution in [3.63, 3.8) is 0 Å². The van der Waals surface area contributed by atoms with E-state index >= 15 is 0 Å². The van der Waals surface area contributed by atoms with Gasteiger partial charge in [-0.25, -0.2) is 4.98 Å². The molecule has 4 nitrogen and oxygen atoms in total. The molecule has 0 radical (unpaired) electrons. The highest BCUT2D eigenvalue weighted by atomic mass is 79.9. The maximum absolute atomic E-state index is 5.65. The van der Waals surface area contributed by atoms with E-state index in [-0.39, 0.29) is 0 Å². The third kappa shape index (κ3) is 4.28. The molecular weight excluding hydrogens is 318 g/mol. The number of halogens is 1. The molecule has 20 heavy (non-hydrogen) atoms. The van der Waals surface area contributed by atoms with Gasteiger partial charge in [-0.1, -0.05) is 35.8 Å². The molecule has 0 fully saturated rings. The minimum absolute atomic E-state index is 0.369. The summed E-state index contributed by atoms with van der Waals surface area (Å²) >= 11 is 3.41. The fourth-order valence-corrected chi connectivity index (χ4v) is 2.02. The van der Waals surface area contributed by atoms with E-state index in [1.54, 1.807) is 0 Å². The molecule has 0 spiro atoms. The molecule has 0 aliphatic carbocycles. The van der Waals surface area contributed by atoms with Crippen LogP contribution in [0.5, 0.6) is 11.8 Å². The van der Waals surface area contributed by atoms with Gasteiger partial charge < -0.3 is 10.1 Å². The van der Waals surface area contributed by atoms with Crippen molar-refractivity contribution in [2.75, 3.05) is 0 Å². The molecule has 0 amide bonds. The summed E-state index contributed by atoms with van der Waals surface area (Å²) in [4.78, 5) is 8.64. The monoisotopic (exact) mass is 335 g/mol. The fraction of sp³-hybridized carbons (Fsp3) is 0.333. The Kier molecular flexibility index (Phi) is 5.09. The summed E-state index contributed by atoms with van der Waals surface area (Å²) in [7, 11) is 0. The van der Waals surface area contributed by atoms with Crippen LogP contribution in [-0.4, -0.2) is 16.0 Å². The summed E-state index contributed by atoms with van der Waals surface area (Å²) in [6, 6.07) is 8.41. The van der Waals surface area contributed by atoms with Crippen LogP contribution in [0.1, 0.15) is 25.1 Å². The SMILES string of the molecule is Cc1nc(Oc2cccc(Br)c2)ncc1CNC(C)C. The summed E-state index contributed by atoms with van der Waals surface area (Å²) in [6.07, 6.45) is 1.81. The quantitative estimate of drug-likeness (QED) is 0.901. The van der Waals surface area contributed by atoms with Crippen LogP contribution in [0.2, 0.25) is 0 Å². The first-order chi connectivity index (χ1) is 9.54. The Hall–Kier alpha value is -1.46. The lowest BCUT2D eigenvalue weighted by Gasteiger charge is -2.10. The van der Waals surface area contributed by atoms with E-state index in [1.165, 1.54) is 0 Å². The van der Waals surface area contributed by atoms with Crippen molar-refractivity contribution >= 4 is 15.9 Å². The topological polar surface area (TPSA) is 47.0 Å². The van der Waals surface area contributed by atoms with Crippen molar-refractivity contribution in [1.29, 1.82) is 0 Å². The van der Waals surface area contributed by atoms with Crippen LogP contribution in [-0.2, 0) is 6.54 Å². The molecular formula is C15H18BrN3O. The highest BCUT2D eigenvalue weighted by Gasteiger charge is 2.06. The van der Waals surface area contributed by atoms with E-state index < -0.39 is 0 Å². The molecule has 1 heterocycles. The first-order valence-electron chi connectivity index (χ1n) is 6.54. The van der Waals surface area contributed by atoms with E-state index in [2.05, 4.69) is 45.1 Å². The number of nitrogens with one attached hydrogen (secondary N) is 1. The van der Waals surface area contributed by atoms with Gasteiger partial charge in [-0.3, -0.25) is 0 Å².